The Morgan fingerprint density at radius 1 is 0.523 bits per heavy atom. The van der Waals surface area contributed by atoms with Crippen LogP contribution in [0.15, 0.2) is 140 Å². The molecule has 3 nitrogen and oxygen atoms in total. The number of rotatable bonds is 3. The molecular formula is C41H29N3. The van der Waals surface area contributed by atoms with Gasteiger partial charge in [0.1, 0.15) is 11.2 Å². The number of para-hydroxylation sites is 1. The van der Waals surface area contributed by atoms with Gasteiger partial charge >= 0.3 is 0 Å². The third-order valence-corrected chi connectivity index (χ3v) is 9.42. The van der Waals surface area contributed by atoms with Gasteiger partial charge in [-0.25, -0.2) is 9.97 Å². The van der Waals surface area contributed by atoms with E-state index >= 15 is 0 Å². The summed E-state index contributed by atoms with van der Waals surface area (Å²) >= 11 is 0. The summed E-state index contributed by atoms with van der Waals surface area (Å²) in [7, 11) is 0. The lowest BCUT2D eigenvalue weighted by Gasteiger charge is -2.21. The maximum absolute atomic E-state index is 5.15. The Hall–Kier alpha value is -5.54. The maximum atomic E-state index is 5.15. The monoisotopic (exact) mass is 563 g/mol. The Morgan fingerprint density at radius 3 is 2.09 bits per heavy atom. The molecule has 0 saturated carbocycles. The van der Waals surface area contributed by atoms with Gasteiger partial charge in [-0.05, 0) is 74.8 Å². The van der Waals surface area contributed by atoms with E-state index in [9.17, 15) is 0 Å². The lowest BCUT2D eigenvalue weighted by atomic mass is 9.82. The molecule has 3 heteroatoms. The van der Waals surface area contributed by atoms with Crippen LogP contribution in [0, 0.1) is 0 Å². The highest BCUT2D eigenvalue weighted by molar-refractivity contribution is 6.09. The van der Waals surface area contributed by atoms with Crippen molar-refractivity contribution >= 4 is 27.6 Å². The molecule has 3 aromatic heterocycles. The molecule has 3 heterocycles. The highest BCUT2D eigenvalue weighted by Crippen LogP contribution is 2.49. The first-order valence-corrected chi connectivity index (χ1v) is 15.2. The SMILES string of the molecule is CC1(C)c2ccccc2-c2cc(-c3cccc(-c4ccc(-c5nc6ccccc6c6nc7ccccn7c56)cc4)c3)ccc21. The zero-order chi connectivity index (χ0) is 29.4. The van der Waals surface area contributed by atoms with Gasteiger partial charge in [0.25, 0.3) is 0 Å². The minimum absolute atomic E-state index is 0.0166. The predicted molar refractivity (Wildman–Crippen MR) is 182 cm³/mol. The molecular weight excluding hydrogens is 534 g/mol. The standard InChI is InChI=1S/C41H29N3/c1-41(2)34-14-5-3-12-31(34)33-25-30(21-22-35(33)41)29-11-9-10-28(24-29)26-17-19-27(20-18-26)38-40-39(32-13-4-6-15-36(32)42-38)43-37-16-7-8-23-44(37)40/h3-25H,1-2H3. The zero-order valence-electron chi connectivity index (χ0n) is 24.6. The number of benzene rings is 5. The molecule has 1 aliphatic carbocycles. The minimum atomic E-state index is 0.0166. The van der Waals surface area contributed by atoms with Gasteiger partial charge in [-0.15, -0.1) is 0 Å². The Morgan fingerprint density at radius 2 is 1.20 bits per heavy atom. The summed E-state index contributed by atoms with van der Waals surface area (Å²) in [6.45, 7) is 4.66. The lowest BCUT2D eigenvalue weighted by Crippen LogP contribution is -2.14. The third kappa shape index (κ3) is 3.62. The molecule has 0 saturated heterocycles. The van der Waals surface area contributed by atoms with Crippen molar-refractivity contribution in [3.8, 4) is 44.6 Å². The first-order valence-electron chi connectivity index (χ1n) is 15.2. The number of pyridine rings is 2. The van der Waals surface area contributed by atoms with E-state index in [4.69, 9.17) is 9.97 Å². The largest absolute Gasteiger partial charge is 0.298 e. The summed E-state index contributed by atoms with van der Waals surface area (Å²) in [6.07, 6.45) is 2.07. The molecule has 0 bridgehead atoms. The van der Waals surface area contributed by atoms with Gasteiger partial charge in [0.05, 0.1) is 16.7 Å². The fraction of sp³-hybridized carbons (Fsp3) is 0.0732. The third-order valence-electron chi connectivity index (χ3n) is 9.42. The molecule has 1 aliphatic rings. The van der Waals surface area contributed by atoms with Crippen molar-refractivity contribution in [3.05, 3.63) is 151 Å². The van der Waals surface area contributed by atoms with E-state index < -0.39 is 0 Å². The number of hydrogen-bond donors (Lipinski definition) is 0. The Bertz CT molecular complexity index is 2410. The molecule has 0 N–H and O–H groups in total. The van der Waals surface area contributed by atoms with E-state index in [1.165, 1.54) is 44.5 Å². The fourth-order valence-electron chi connectivity index (χ4n) is 7.15. The molecule has 0 aliphatic heterocycles. The summed E-state index contributed by atoms with van der Waals surface area (Å²) in [5.74, 6) is 0. The highest BCUT2D eigenvalue weighted by Gasteiger charge is 2.35. The molecule has 44 heavy (non-hydrogen) atoms. The van der Waals surface area contributed by atoms with E-state index in [1.54, 1.807) is 0 Å². The van der Waals surface area contributed by atoms with Crippen molar-refractivity contribution in [2.24, 2.45) is 0 Å². The van der Waals surface area contributed by atoms with E-state index in [0.29, 0.717) is 0 Å². The van der Waals surface area contributed by atoms with Crippen LogP contribution in [0.2, 0.25) is 0 Å². The molecule has 8 aromatic rings. The average molecular weight is 564 g/mol. The number of fused-ring (bicyclic) bond motifs is 8. The zero-order valence-corrected chi connectivity index (χ0v) is 24.6. The van der Waals surface area contributed by atoms with Gasteiger partial charge in [-0.1, -0.05) is 117 Å². The van der Waals surface area contributed by atoms with Gasteiger partial charge in [0, 0.05) is 22.6 Å². The van der Waals surface area contributed by atoms with Crippen LogP contribution < -0.4 is 0 Å². The molecule has 208 valence electrons. The van der Waals surface area contributed by atoms with Crippen LogP contribution in [-0.4, -0.2) is 14.4 Å². The van der Waals surface area contributed by atoms with Crippen LogP contribution >= 0.6 is 0 Å². The van der Waals surface area contributed by atoms with Gasteiger partial charge in [-0.3, -0.25) is 4.40 Å². The van der Waals surface area contributed by atoms with E-state index in [-0.39, 0.29) is 5.41 Å². The van der Waals surface area contributed by atoms with Crippen molar-refractivity contribution in [1.29, 1.82) is 0 Å². The van der Waals surface area contributed by atoms with Crippen LogP contribution in [-0.2, 0) is 5.41 Å². The number of nitrogens with zero attached hydrogens (tertiary/aromatic N) is 3. The van der Waals surface area contributed by atoms with Crippen LogP contribution in [0.1, 0.15) is 25.0 Å². The van der Waals surface area contributed by atoms with Gasteiger partial charge in [0.15, 0.2) is 0 Å². The maximum Gasteiger partial charge on any atom is 0.137 e. The van der Waals surface area contributed by atoms with Gasteiger partial charge in [-0.2, -0.15) is 0 Å². The fourth-order valence-corrected chi connectivity index (χ4v) is 7.15. The second-order valence-electron chi connectivity index (χ2n) is 12.3. The van der Waals surface area contributed by atoms with E-state index in [2.05, 4.69) is 140 Å². The minimum Gasteiger partial charge on any atom is -0.298 e. The van der Waals surface area contributed by atoms with Crippen molar-refractivity contribution in [2.75, 3.05) is 0 Å². The first kappa shape index (κ1) is 25.0. The Balaban J connectivity index is 1.12. The van der Waals surface area contributed by atoms with Gasteiger partial charge < -0.3 is 0 Å². The van der Waals surface area contributed by atoms with Gasteiger partial charge in [0.2, 0.25) is 0 Å². The topological polar surface area (TPSA) is 30.2 Å². The number of imidazole rings is 1. The number of aromatic nitrogens is 3. The van der Waals surface area contributed by atoms with Crippen LogP contribution in [0.5, 0.6) is 0 Å². The smallest absolute Gasteiger partial charge is 0.137 e. The van der Waals surface area contributed by atoms with Crippen molar-refractivity contribution in [2.45, 2.75) is 19.3 Å². The van der Waals surface area contributed by atoms with Crippen molar-refractivity contribution in [1.82, 2.24) is 14.4 Å². The molecule has 0 fully saturated rings. The number of hydrogen-bond acceptors (Lipinski definition) is 2. The predicted octanol–water partition coefficient (Wildman–Crippen LogP) is 10.3. The van der Waals surface area contributed by atoms with E-state index in [1.807, 2.05) is 18.2 Å². The molecule has 0 amide bonds. The Labute approximate surface area is 256 Å². The van der Waals surface area contributed by atoms with Crippen molar-refractivity contribution < 1.29 is 0 Å². The summed E-state index contributed by atoms with van der Waals surface area (Å²) in [5.41, 5.74) is 16.3. The second kappa shape index (κ2) is 9.23. The second-order valence-corrected chi connectivity index (χ2v) is 12.3. The first-order chi connectivity index (χ1) is 21.6. The van der Waals surface area contributed by atoms with Crippen LogP contribution in [0.25, 0.3) is 72.2 Å². The van der Waals surface area contributed by atoms with Crippen LogP contribution in [0.4, 0.5) is 0 Å². The van der Waals surface area contributed by atoms with E-state index in [0.717, 1.165) is 38.8 Å². The highest BCUT2D eigenvalue weighted by atomic mass is 15.0. The quantitative estimate of drug-likeness (QED) is 0.214. The lowest BCUT2D eigenvalue weighted by molar-refractivity contribution is 0.660. The molecule has 0 atom stereocenters. The summed E-state index contributed by atoms with van der Waals surface area (Å²) < 4.78 is 2.15. The molecule has 5 aromatic carbocycles. The summed E-state index contributed by atoms with van der Waals surface area (Å²) in [4.78, 5) is 10.1. The average Bonchev–Trinajstić information content (AvgIpc) is 3.58. The molecule has 0 unspecified atom stereocenters. The molecule has 9 rings (SSSR count). The Kier molecular flexibility index (Phi) is 5.24. The normalized spacial score (nSPS) is 13.4. The summed E-state index contributed by atoms with van der Waals surface area (Å²) in [6, 6.07) is 47.9. The molecule has 0 spiro atoms. The summed E-state index contributed by atoms with van der Waals surface area (Å²) in [5, 5.41) is 1.07. The van der Waals surface area contributed by atoms with Crippen LogP contribution in [0.3, 0.4) is 0 Å². The van der Waals surface area contributed by atoms with Crippen molar-refractivity contribution in [3.63, 3.8) is 0 Å². The molecule has 0 radical (unpaired) electrons.